The highest BCUT2D eigenvalue weighted by Crippen LogP contribution is 2.02. The van der Waals surface area contributed by atoms with Gasteiger partial charge in [-0.05, 0) is 13.3 Å². The second kappa shape index (κ2) is 7.45. The molecular weight excluding hydrogens is 136 g/mol. The van der Waals surface area contributed by atoms with Crippen molar-refractivity contribution in [3.05, 3.63) is 12.4 Å². The van der Waals surface area contributed by atoms with Crippen LogP contribution in [0.4, 0.5) is 0 Å². The van der Waals surface area contributed by atoms with Gasteiger partial charge in [0.05, 0.1) is 0 Å². The lowest BCUT2D eigenvalue weighted by molar-refractivity contribution is 0.541. The molecule has 0 aliphatic heterocycles. The number of hydrogen-bond donors (Lipinski definition) is 2. The molecule has 0 saturated carbocycles. The van der Waals surface area contributed by atoms with Crippen molar-refractivity contribution < 1.29 is 0 Å². The van der Waals surface area contributed by atoms with Crippen LogP contribution in [0.1, 0.15) is 39.5 Å². The maximum absolute atomic E-state index is 5.19. The highest BCUT2D eigenvalue weighted by Gasteiger charge is 1.96. The fourth-order valence-electron chi connectivity index (χ4n) is 1.00. The Hall–Kier alpha value is -0.660. The fourth-order valence-corrected chi connectivity index (χ4v) is 1.00. The van der Waals surface area contributed by atoms with Crippen LogP contribution in [0.25, 0.3) is 0 Å². The molecule has 0 rings (SSSR count). The number of hydrogen-bond acceptors (Lipinski definition) is 2. The maximum Gasteiger partial charge on any atom is 0.0228 e. The molecule has 0 aromatic heterocycles. The lowest BCUT2D eigenvalue weighted by atomic mass is 10.1. The molecule has 3 N–H and O–H groups in total. The van der Waals surface area contributed by atoms with E-state index < -0.39 is 0 Å². The Bertz CT molecular complexity index is 99.7. The molecule has 2 nitrogen and oxygen atoms in total. The minimum atomic E-state index is 0.557. The highest BCUT2D eigenvalue weighted by molar-refractivity contribution is 4.76. The SMILES string of the molecule is CCCCCC(C)N/C=C\N. The second-order valence-corrected chi connectivity index (χ2v) is 2.92. The van der Waals surface area contributed by atoms with Gasteiger partial charge in [0.15, 0.2) is 0 Å². The Balaban J connectivity index is 3.15. The lowest BCUT2D eigenvalue weighted by Gasteiger charge is -2.10. The van der Waals surface area contributed by atoms with Gasteiger partial charge < -0.3 is 11.1 Å². The number of nitrogens with one attached hydrogen (secondary N) is 1. The molecule has 0 spiro atoms. The Kier molecular flexibility index (Phi) is 7.00. The van der Waals surface area contributed by atoms with Gasteiger partial charge in [0.1, 0.15) is 0 Å². The molecule has 66 valence electrons. The van der Waals surface area contributed by atoms with E-state index in [1.54, 1.807) is 6.20 Å². The van der Waals surface area contributed by atoms with Crippen molar-refractivity contribution in [3.63, 3.8) is 0 Å². The first-order valence-corrected chi connectivity index (χ1v) is 4.44. The van der Waals surface area contributed by atoms with Crippen molar-refractivity contribution >= 4 is 0 Å². The van der Waals surface area contributed by atoms with Gasteiger partial charge in [-0.25, -0.2) is 0 Å². The van der Waals surface area contributed by atoms with Crippen molar-refractivity contribution in [1.82, 2.24) is 5.32 Å². The topological polar surface area (TPSA) is 38.0 Å². The molecule has 0 radical (unpaired) electrons. The summed E-state index contributed by atoms with van der Waals surface area (Å²) in [7, 11) is 0. The average molecular weight is 156 g/mol. The van der Waals surface area contributed by atoms with Gasteiger partial charge in [0, 0.05) is 18.4 Å². The normalized spacial score (nSPS) is 13.6. The molecule has 0 aliphatic carbocycles. The first-order valence-electron chi connectivity index (χ1n) is 4.44. The van der Waals surface area contributed by atoms with E-state index in [1.807, 2.05) is 0 Å². The van der Waals surface area contributed by atoms with E-state index in [0.717, 1.165) is 0 Å². The van der Waals surface area contributed by atoms with E-state index in [0.29, 0.717) is 6.04 Å². The van der Waals surface area contributed by atoms with Gasteiger partial charge in [-0.15, -0.1) is 0 Å². The summed E-state index contributed by atoms with van der Waals surface area (Å²) in [5, 5.41) is 3.19. The fraction of sp³-hybridized carbons (Fsp3) is 0.778. The summed E-state index contributed by atoms with van der Waals surface area (Å²) in [5.41, 5.74) is 5.19. The summed E-state index contributed by atoms with van der Waals surface area (Å²) in [6.45, 7) is 4.40. The van der Waals surface area contributed by atoms with Gasteiger partial charge in [-0.1, -0.05) is 26.2 Å². The van der Waals surface area contributed by atoms with E-state index in [4.69, 9.17) is 5.73 Å². The standard InChI is InChI=1S/C9H20N2/c1-3-4-5-6-9(2)11-8-7-10/h7-9,11H,3-6,10H2,1-2H3/b8-7-. The number of unbranched alkanes of at least 4 members (excludes halogenated alkanes) is 2. The summed E-state index contributed by atoms with van der Waals surface area (Å²) in [6, 6.07) is 0.557. The van der Waals surface area contributed by atoms with E-state index in [9.17, 15) is 0 Å². The molecule has 0 heterocycles. The van der Waals surface area contributed by atoms with Crippen LogP contribution in [-0.4, -0.2) is 6.04 Å². The molecule has 0 aliphatic rings. The third-order valence-electron chi connectivity index (χ3n) is 1.72. The largest absolute Gasteiger partial charge is 0.403 e. The van der Waals surface area contributed by atoms with E-state index in [2.05, 4.69) is 19.2 Å². The molecule has 2 heteroatoms. The zero-order valence-electron chi connectivity index (χ0n) is 7.64. The van der Waals surface area contributed by atoms with Gasteiger partial charge in [0.2, 0.25) is 0 Å². The Labute approximate surface area is 69.9 Å². The van der Waals surface area contributed by atoms with Gasteiger partial charge in [-0.3, -0.25) is 0 Å². The summed E-state index contributed by atoms with van der Waals surface area (Å²) in [6.07, 6.45) is 8.51. The summed E-state index contributed by atoms with van der Waals surface area (Å²) < 4.78 is 0. The van der Waals surface area contributed by atoms with E-state index in [1.165, 1.54) is 31.9 Å². The first kappa shape index (κ1) is 10.3. The Morgan fingerprint density at radius 1 is 1.45 bits per heavy atom. The van der Waals surface area contributed by atoms with Crippen LogP contribution in [0.15, 0.2) is 12.4 Å². The molecular formula is C9H20N2. The monoisotopic (exact) mass is 156 g/mol. The zero-order chi connectivity index (χ0) is 8.53. The van der Waals surface area contributed by atoms with Crippen LogP contribution in [0.3, 0.4) is 0 Å². The Morgan fingerprint density at radius 3 is 2.73 bits per heavy atom. The third-order valence-corrected chi connectivity index (χ3v) is 1.72. The van der Waals surface area contributed by atoms with Crippen molar-refractivity contribution in [2.75, 3.05) is 0 Å². The van der Waals surface area contributed by atoms with Crippen LogP contribution in [0, 0.1) is 0 Å². The van der Waals surface area contributed by atoms with E-state index >= 15 is 0 Å². The highest BCUT2D eigenvalue weighted by atomic mass is 14.9. The van der Waals surface area contributed by atoms with Crippen molar-refractivity contribution in [2.24, 2.45) is 5.73 Å². The molecule has 0 aromatic rings. The Morgan fingerprint density at radius 2 is 2.18 bits per heavy atom. The molecule has 0 bridgehead atoms. The minimum Gasteiger partial charge on any atom is -0.403 e. The van der Waals surface area contributed by atoms with Crippen LogP contribution in [-0.2, 0) is 0 Å². The van der Waals surface area contributed by atoms with Gasteiger partial charge in [0.25, 0.3) is 0 Å². The molecule has 1 unspecified atom stereocenters. The first-order chi connectivity index (χ1) is 5.31. The zero-order valence-corrected chi connectivity index (χ0v) is 7.64. The maximum atomic E-state index is 5.19. The predicted octanol–water partition coefficient (Wildman–Crippen LogP) is 1.97. The van der Waals surface area contributed by atoms with Crippen LogP contribution < -0.4 is 11.1 Å². The number of nitrogens with two attached hydrogens (primary N) is 1. The minimum absolute atomic E-state index is 0.557. The van der Waals surface area contributed by atoms with Crippen molar-refractivity contribution in [1.29, 1.82) is 0 Å². The molecule has 11 heavy (non-hydrogen) atoms. The van der Waals surface area contributed by atoms with Gasteiger partial charge >= 0.3 is 0 Å². The predicted molar refractivity (Wildman–Crippen MR) is 50.1 cm³/mol. The van der Waals surface area contributed by atoms with Gasteiger partial charge in [-0.2, -0.15) is 0 Å². The van der Waals surface area contributed by atoms with Crippen molar-refractivity contribution in [3.8, 4) is 0 Å². The summed E-state index contributed by atoms with van der Waals surface area (Å²) in [4.78, 5) is 0. The molecule has 1 atom stereocenters. The van der Waals surface area contributed by atoms with Crippen LogP contribution in [0.2, 0.25) is 0 Å². The molecule has 0 saturated heterocycles. The summed E-state index contributed by atoms with van der Waals surface area (Å²) in [5.74, 6) is 0. The quantitative estimate of drug-likeness (QED) is 0.577. The molecule has 0 fully saturated rings. The van der Waals surface area contributed by atoms with Crippen LogP contribution >= 0.6 is 0 Å². The smallest absolute Gasteiger partial charge is 0.0228 e. The van der Waals surface area contributed by atoms with Crippen molar-refractivity contribution in [2.45, 2.75) is 45.6 Å². The summed E-state index contributed by atoms with van der Waals surface area (Å²) >= 11 is 0. The second-order valence-electron chi connectivity index (χ2n) is 2.92. The lowest BCUT2D eigenvalue weighted by Crippen LogP contribution is -2.20. The number of rotatable bonds is 6. The molecule has 0 aromatic carbocycles. The molecule has 0 amide bonds. The van der Waals surface area contributed by atoms with Crippen LogP contribution in [0.5, 0.6) is 0 Å². The average Bonchev–Trinajstić information content (AvgIpc) is 2.01. The van der Waals surface area contributed by atoms with E-state index in [-0.39, 0.29) is 0 Å². The third kappa shape index (κ3) is 7.23.